The molecule has 3 rings (SSSR count). The highest BCUT2D eigenvalue weighted by Gasteiger charge is 2.07. The van der Waals surface area contributed by atoms with Crippen LogP contribution in [0.2, 0.25) is 0 Å². The van der Waals surface area contributed by atoms with Crippen LogP contribution in [0, 0.1) is 0 Å². The lowest BCUT2D eigenvalue weighted by atomic mass is 10.1. The van der Waals surface area contributed by atoms with Crippen molar-refractivity contribution in [3.8, 4) is 5.75 Å². The number of aromatic amines is 1. The maximum atomic E-state index is 10.0. The Labute approximate surface area is 166 Å². The van der Waals surface area contributed by atoms with E-state index in [1.807, 2.05) is 36.5 Å². The molecular weight excluding hydrogens is 360 g/mol. The summed E-state index contributed by atoms with van der Waals surface area (Å²) in [5.41, 5.74) is 3.27. The molecule has 0 saturated carbocycles. The zero-order valence-electron chi connectivity index (χ0n) is 15.7. The summed E-state index contributed by atoms with van der Waals surface area (Å²) in [4.78, 5) is 3.23. The quantitative estimate of drug-likeness (QED) is 0.499. The summed E-state index contributed by atoms with van der Waals surface area (Å²) in [6.07, 6.45) is 5.56. The van der Waals surface area contributed by atoms with Crippen LogP contribution in [0.1, 0.15) is 25.0 Å². The average molecular weight is 387 g/mol. The number of hydrogen-bond acceptors (Lipinski definition) is 3. The van der Waals surface area contributed by atoms with Gasteiger partial charge in [-0.05, 0) is 23.8 Å². The maximum Gasteiger partial charge on any atom is 0.126 e. The molecule has 5 heteroatoms. The van der Waals surface area contributed by atoms with Crippen LogP contribution < -0.4 is 10.1 Å². The number of nitrogens with one attached hydrogen (secondary N) is 2. The lowest BCUT2D eigenvalue weighted by molar-refractivity contribution is 0.104. The van der Waals surface area contributed by atoms with E-state index in [0.717, 1.165) is 22.4 Å². The number of fused-ring (bicyclic) bond motifs is 1. The Balaban J connectivity index is 0.00000261. The van der Waals surface area contributed by atoms with Crippen LogP contribution in [0.15, 0.2) is 54.7 Å². The average Bonchev–Trinajstić information content (AvgIpc) is 3.13. The predicted molar refractivity (Wildman–Crippen MR) is 116 cm³/mol. The van der Waals surface area contributed by atoms with E-state index < -0.39 is 6.10 Å². The van der Waals surface area contributed by atoms with Gasteiger partial charge < -0.3 is 20.1 Å². The molecule has 144 valence electrons. The van der Waals surface area contributed by atoms with E-state index in [4.69, 9.17) is 4.74 Å². The third-order valence-electron chi connectivity index (χ3n) is 4.18. The molecule has 1 heterocycles. The summed E-state index contributed by atoms with van der Waals surface area (Å²) in [7, 11) is 0. The van der Waals surface area contributed by atoms with Crippen molar-refractivity contribution in [2.75, 3.05) is 13.2 Å². The highest BCUT2D eigenvalue weighted by molar-refractivity contribution is 5.91. The van der Waals surface area contributed by atoms with Crippen LogP contribution in [0.4, 0.5) is 0 Å². The molecule has 1 atom stereocenters. The summed E-state index contributed by atoms with van der Waals surface area (Å²) in [6.45, 7) is 4.89. The van der Waals surface area contributed by atoms with Gasteiger partial charge in [0.25, 0.3) is 0 Å². The van der Waals surface area contributed by atoms with E-state index in [1.54, 1.807) is 0 Å². The maximum absolute atomic E-state index is 10.0. The zero-order chi connectivity index (χ0) is 18.4. The summed E-state index contributed by atoms with van der Waals surface area (Å²) in [5.74, 6) is 0.772. The molecule has 0 amide bonds. The van der Waals surface area contributed by atoms with Crippen LogP contribution in [-0.2, 0) is 0 Å². The molecule has 0 spiro atoms. The highest BCUT2D eigenvalue weighted by atomic mass is 35.5. The number of aliphatic hydroxyl groups excluding tert-OH is 1. The summed E-state index contributed by atoms with van der Waals surface area (Å²) >= 11 is 0. The molecule has 0 fully saturated rings. The summed E-state index contributed by atoms with van der Waals surface area (Å²) < 4.78 is 5.84. The molecule has 27 heavy (non-hydrogen) atoms. The van der Waals surface area contributed by atoms with Crippen molar-refractivity contribution in [1.82, 2.24) is 10.3 Å². The first kappa shape index (κ1) is 21.0. The van der Waals surface area contributed by atoms with Gasteiger partial charge in [0.15, 0.2) is 0 Å². The highest BCUT2D eigenvalue weighted by Crippen LogP contribution is 2.23. The first-order valence-corrected chi connectivity index (χ1v) is 9.01. The smallest absolute Gasteiger partial charge is 0.126 e. The molecule has 1 unspecified atom stereocenters. The van der Waals surface area contributed by atoms with E-state index in [2.05, 4.69) is 54.5 Å². The van der Waals surface area contributed by atoms with Gasteiger partial charge in [0.2, 0.25) is 0 Å². The Kier molecular flexibility index (Phi) is 7.92. The largest absolute Gasteiger partial charge is 0.490 e. The topological polar surface area (TPSA) is 57.3 Å². The van der Waals surface area contributed by atoms with Gasteiger partial charge in [-0.25, -0.2) is 0 Å². The van der Waals surface area contributed by atoms with Gasteiger partial charge in [0, 0.05) is 35.2 Å². The molecule has 0 aliphatic carbocycles. The first-order chi connectivity index (χ1) is 12.6. The van der Waals surface area contributed by atoms with Gasteiger partial charge in [0.05, 0.1) is 0 Å². The molecule has 0 aliphatic rings. The van der Waals surface area contributed by atoms with Gasteiger partial charge in [-0.2, -0.15) is 0 Å². The second kappa shape index (κ2) is 10.2. The molecule has 0 bridgehead atoms. The third kappa shape index (κ3) is 5.86. The van der Waals surface area contributed by atoms with Crippen LogP contribution in [-0.4, -0.2) is 35.4 Å². The molecule has 2 aromatic carbocycles. The summed E-state index contributed by atoms with van der Waals surface area (Å²) in [5, 5.41) is 14.4. The molecule has 4 nitrogen and oxygen atoms in total. The minimum absolute atomic E-state index is 0. The van der Waals surface area contributed by atoms with Crippen molar-refractivity contribution < 1.29 is 9.84 Å². The predicted octanol–water partition coefficient (Wildman–Crippen LogP) is 4.50. The van der Waals surface area contributed by atoms with Crippen molar-refractivity contribution in [1.29, 1.82) is 0 Å². The van der Waals surface area contributed by atoms with Gasteiger partial charge in [-0.1, -0.05) is 56.3 Å². The molecule has 0 saturated heterocycles. The second-order valence-corrected chi connectivity index (χ2v) is 6.69. The van der Waals surface area contributed by atoms with E-state index >= 15 is 0 Å². The van der Waals surface area contributed by atoms with E-state index in [-0.39, 0.29) is 19.0 Å². The van der Waals surface area contributed by atoms with Gasteiger partial charge in [-0.15, -0.1) is 12.4 Å². The fourth-order valence-electron chi connectivity index (χ4n) is 2.80. The number of rotatable bonds is 8. The third-order valence-corrected chi connectivity index (χ3v) is 4.18. The standard InChI is InChI=1S/C22H26N2O2.ClH/c1-16(2)24-14-19(25)15-26-22-9-4-3-6-18(22)11-10-17-7-5-8-21-20(17)12-13-23-21;/h3-13,16,19,23-25H,14-15H2,1-2H3;1H/b11-10+;. The van der Waals surface area contributed by atoms with Crippen molar-refractivity contribution >= 4 is 35.5 Å². The van der Waals surface area contributed by atoms with Crippen LogP contribution in [0.5, 0.6) is 5.75 Å². The lowest BCUT2D eigenvalue weighted by Crippen LogP contribution is -2.35. The van der Waals surface area contributed by atoms with Gasteiger partial charge in [0.1, 0.15) is 18.5 Å². The van der Waals surface area contributed by atoms with Crippen molar-refractivity contribution in [3.05, 3.63) is 65.9 Å². The number of aliphatic hydroxyl groups is 1. The molecular formula is C22H27ClN2O2. The van der Waals surface area contributed by atoms with Crippen molar-refractivity contribution in [3.63, 3.8) is 0 Å². The molecule has 0 aliphatic heterocycles. The molecule has 3 N–H and O–H groups in total. The Morgan fingerprint density at radius 3 is 2.59 bits per heavy atom. The van der Waals surface area contributed by atoms with Crippen LogP contribution in [0.3, 0.4) is 0 Å². The molecule has 3 aromatic rings. The van der Waals surface area contributed by atoms with E-state index in [1.165, 1.54) is 5.39 Å². The first-order valence-electron chi connectivity index (χ1n) is 9.01. The molecule has 0 radical (unpaired) electrons. The van der Waals surface area contributed by atoms with Crippen molar-refractivity contribution in [2.24, 2.45) is 0 Å². The normalized spacial score (nSPS) is 12.4. The molecule has 1 aromatic heterocycles. The number of benzene rings is 2. The number of aromatic nitrogens is 1. The minimum Gasteiger partial charge on any atom is -0.490 e. The Morgan fingerprint density at radius 2 is 1.78 bits per heavy atom. The van der Waals surface area contributed by atoms with E-state index in [9.17, 15) is 5.11 Å². The Bertz CT molecular complexity index is 873. The number of H-pyrrole nitrogens is 1. The monoisotopic (exact) mass is 386 g/mol. The van der Waals surface area contributed by atoms with Crippen LogP contribution >= 0.6 is 12.4 Å². The Morgan fingerprint density at radius 1 is 1.04 bits per heavy atom. The number of para-hydroxylation sites is 1. The van der Waals surface area contributed by atoms with Gasteiger partial charge in [-0.3, -0.25) is 0 Å². The fourth-order valence-corrected chi connectivity index (χ4v) is 2.80. The Hall–Kier alpha value is -2.27. The SMILES string of the molecule is CC(C)NCC(O)COc1ccccc1/C=C/c1cccc2[nH]ccc12.Cl. The van der Waals surface area contributed by atoms with E-state index in [0.29, 0.717) is 12.6 Å². The van der Waals surface area contributed by atoms with Crippen LogP contribution in [0.25, 0.3) is 23.1 Å². The number of hydrogen-bond donors (Lipinski definition) is 3. The zero-order valence-corrected chi connectivity index (χ0v) is 16.5. The second-order valence-electron chi connectivity index (χ2n) is 6.69. The lowest BCUT2D eigenvalue weighted by Gasteiger charge is -2.16. The minimum atomic E-state index is -0.539. The van der Waals surface area contributed by atoms with Gasteiger partial charge >= 0.3 is 0 Å². The van der Waals surface area contributed by atoms with Crippen molar-refractivity contribution in [2.45, 2.75) is 26.0 Å². The number of halogens is 1. The summed E-state index contributed by atoms with van der Waals surface area (Å²) in [6, 6.07) is 16.5. The fraction of sp³-hybridized carbons (Fsp3) is 0.273. The number of ether oxygens (including phenoxy) is 1.